The Morgan fingerprint density at radius 3 is 2.81 bits per heavy atom. The Morgan fingerprint density at radius 1 is 1.33 bits per heavy atom. The summed E-state index contributed by atoms with van der Waals surface area (Å²) in [6.07, 6.45) is 8.09. The Hall–Kier alpha value is -1.11. The van der Waals surface area contributed by atoms with Crippen molar-refractivity contribution in [1.82, 2.24) is 20.4 Å². The van der Waals surface area contributed by atoms with Crippen LogP contribution in [0.2, 0.25) is 0 Å². The molecule has 1 aromatic heterocycles. The number of hydrogen-bond donors (Lipinski definition) is 2. The summed E-state index contributed by atoms with van der Waals surface area (Å²) in [4.78, 5) is 15.6. The van der Waals surface area contributed by atoms with Gasteiger partial charge in [0.1, 0.15) is 0 Å². The van der Waals surface area contributed by atoms with Crippen molar-refractivity contribution in [2.75, 3.05) is 19.7 Å². The van der Waals surface area contributed by atoms with Gasteiger partial charge in [0.05, 0.1) is 6.10 Å². The molecule has 3 aliphatic rings. The topological polar surface area (TPSA) is 70.2 Å². The zero-order chi connectivity index (χ0) is 18.1. The van der Waals surface area contributed by atoms with Gasteiger partial charge in [0.25, 0.3) is 5.91 Å². The summed E-state index contributed by atoms with van der Waals surface area (Å²) in [6.45, 7) is 7.49. The molecule has 4 rings (SSSR count). The summed E-state index contributed by atoms with van der Waals surface area (Å²) >= 11 is 0. The minimum Gasteiger partial charge on any atom is -0.378 e. The van der Waals surface area contributed by atoms with E-state index in [0.717, 1.165) is 56.8 Å². The van der Waals surface area contributed by atoms with Crippen LogP contribution in [0.4, 0.5) is 0 Å². The molecule has 2 saturated carbocycles. The number of halogens is 1. The molecule has 2 N–H and O–H groups in total. The maximum Gasteiger partial charge on any atom is 0.274 e. The molecule has 27 heavy (non-hydrogen) atoms. The van der Waals surface area contributed by atoms with Gasteiger partial charge in [0.2, 0.25) is 0 Å². The lowest BCUT2D eigenvalue weighted by atomic mass is 9.59. The average Bonchev–Trinajstić information content (AvgIpc) is 3.32. The van der Waals surface area contributed by atoms with Crippen LogP contribution in [0.25, 0.3) is 0 Å². The number of fused-ring (bicyclic) bond motifs is 1. The molecule has 1 spiro atoms. The van der Waals surface area contributed by atoms with E-state index in [1.165, 1.54) is 25.7 Å². The summed E-state index contributed by atoms with van der Waals surface area (Å²) in [5.74, 6) is 0.110. The van der Waals surface area contributed by atoms with Crippen molar-refractivity contribution >= 4 is 18.3 Å². The highest BCUT2D eigenvalue weighted by Gasteiger charge is 2.59. The van der Waals surface area contributed by atoms with Crippen LogP contribution >= 0.6 is 12.4 Å². The number of nitrogens with zero attached hydrogens (tertiary/aromatic N) is 2. The normalized spacial score (nSPS) is 25.6. The van der Waals surface area contributed by atoms with E-state index >= 15 is 0 Å². The first-order valence-electron chi connectivity index (χ1n) is 10.4. The highest BCUT2D eigenvalue weighted by atomic mass is 35.5. The molecule has 152 valence electrons. The van der Waals surface area contributed by atoms with Gasteiger partial charge in [-0.2, -0.15) is 5.10 Å². The largest absolute Gasteiger partial charge is 0.378 e. The van der Waals surface area contributed by atoms with Crippen molar-refractivity contribution in [1.29, 1.82) is 0 Å². The van der Waals surface area contributed by atoms with Crippen molar-refractivity contribution in [3.63, 3.8) is 0 Å². The maximum absolute atomic E-state index is 13.5. The van der Waals surface area contributed by atoms with E-state index in [2.05, 4.69) is 34.3 Å². The van der Waals surface area contributed by atoms with Crippen LogP contribution in [0.5, 0.6) is 0 Å². The van der Waals surface area contributed by atoms with Crippen LogP contribution in [-0.2, 0) is 17.7 Å². The minimum atomic E-state index is 0. The standard InChI is InChI=1S/C20H32N4O2.ClH/c1-3-11-24(16-12-17(26-4-2)20(16)8-5-6-9-20)19(25)18-14-13-21-10-7-15(14)22-23-18;/h16-17,21H,3-13H2,1-2H3,(H,22,23);1H. The molecular formula is C20H33ClN4O2. The van der Waals surface area contributed by atoms with Gasteiger partial charge >= 0.3 is 0 Å². The third-order valence-electron chi connectivity index (χ3n) is 6.76. The first-order chi connectivity index (χ1) is 12.7. The zero-order valence-electron chi connectivity index (χ0n) is 16.6. The van der Waals surface area contributed by atoms with E-state index in [4.69, 9.17) is 4.74 Å². The van der Waals surface area contributed by atoms with Crippen molar-refractivity contribution in [2.24, 2.45) is 5.41 Å². The SMILES string of the molecule is CCCN(C(=O)c1n[nH]c2c1CNCC2)C1CC(OCC)C12CCCC2.Cl. The van der Waals surface area contributed by atoms with E-state index in [9.17, 15) is 4.79 Å². The van der Waals surface area contributed by atoms with Crippen molar-refractivity contribution < 1.29 is 9.53 Å². The van der Waals surface area contributed by atoms with E-state index in [1.807, 2.05) is 0 Å². The van der Waals surface area contributed by atoms with Crippen molar-refractivity contribution in [2.45, 2.75) is 77.5 Å². The molecule has 2 atom stereocenters. The molecule has 2 aliphatic carbocycles. The smallest absolute Gasteiger partial charge is 0.274 e. The van der Waals surface area contributed by atoms with Gasteiger partial charge in [-0.05, 0) is 32.6 Å². The fourth-order valence-corrected chi connectivity index (χ4v) is 5.47. The van der Waals surface area contributed by atoms with E-state index < -0.39 is 0 Å². The Balaban J connectivity index is 0.00000210. The summed E-state index contributed by atoms with van der Waals surface area (Å²) in [5, 5.41) is 10.9. The summed E-state index contributed by atoms with van der Waals surface area (Å²) in [5.41, 5.74) is 3.01. The minimum absolute atomic E-state index is 0. The van der Waals surface area contributed by atoms with Gasteiger partial charge < -0.3 is 15.0 Å². The first kappa shape index (κ1) is 20.6. The molecule has 0 aromatic carbocycles. The summed E-state index contributed by atoms with van der Waals surface area (Å²) < 4.78 is 6.07. The molecule has 2 heterocycles. The number of aromatic amines is 1. The molecule has 1 amide bonds. The number of amides is 1. The molecule has 0 radical (unpaired) electrons. The monoisotopic (exact) mass is 396 g/mol. The van der Waals surface area contributed by atoms with Gasteiger partial charge in [-0.3, -0.25) is 9.89 Å². The Morgan fingerprint density at radius 2 is 2.11 bits per heavy atom. The number of H-pyrrole nitrogens is 1. The number of nitrogens with one attached hydrogen (secondary N) is 2. The third-order valence-corrected chi connectivity index (χ3v) is 6.76. The lowest BCUT2D eigenvalue weighted by Gasteiger charge is -2.57. The predicted molar refractivity (Wildman–Crippen MR) is 107 cm³/mol. The van der Waals surface area contributed by atoms with E-state index in [1.54, 1.807) is 0 Å². The van der Waals surface area contributed by atoms with Crippen molar-refractivity contribution in [3.8, 4) is 0 Å². The molecule has 2 unspecified atom stereocenters. The van der Waals surface area contributed by atoms with Gasteiger partial charge in [0.15, 0.2) is 5.69 Å². The molecular weight excluding hydrogens is 364 g/mol. The van der Waals surface area contributed by atoms with Gasteiger partial charge in [-0.1, -0.05) is 19.8 Å². The molecule has 6 nitrogen and oxygen atoms in total. The number of carbonyl (C=O) groups is 1. The lowest BCUT2D eigenvalue weighted by Crippen LogP contribution is -2.65. The van der Waals surface area contributed by atoms with Crippen LogP contribution in [0, 0.1) is 5.41 Å². The van der Waals surface area contributed by atoms with Gasteiger partial charge in [0, 0.05) is 55.4 Å². The summed E-state index contributed by atoms with van der Waals surface area (Å²) in [7, 11) is 0. The fourth-order valence-electron chi connectivity index (χ4n) is 5.47. The Bertz CT molecular complexity index is 656. The highest BCUT2D eigenvalue weighted by molar-refractivity contribution is 5.94. The van der Waals surface area contributed by atoms with E-state index in [0.29, 0.717) is 17.8 Å². The lowest BCUT2D eigenvalue weighted by molar-refractivity contribution is -0.156. The predicted octanol–water partition coefficient (Wildman–Crippen LogP) is 3.07. The van der Waals surface area contributed by atoms with Crippen LogP contribution in [0.15, 0.2) is 0 Å². The van der Waals surface area contributed by atoms with Crippen LogP contribution in [0.1, 0.15) is 74.1 Å². The zero-order valence-corrected chi connectivity index (χ0v) is 17.4. The molecule has 2 fully saturated rings. The second-order valence-corrected chi connectivity index (χ2v) is 8.09. The van der Waals surface area contributed by atoms with Crippen molar-refractivity contribution in [3.05, 3.63) is 17.0 Å². The molecule has 0 saturated heterocycles. The Kier molecular flexibility index (Phi) is 6.49. The number of carbonyl (C=O) groups excluding carboxylic acids is 1. The quantitative estimate of drug-likeness (QED) is 0.775. The Labute approximate surface area is 168 Å². The molecule has 0 bridgehead atoms. The van der Waals surface area contributed by atoms with Crippen LogP contribution in [-0.4, -0.2) is 52.8 Å². The van der Waals surface area contributed by atoms with Crippen LogP contribution < -0.4 is 5.32 Å². The molecule has 1 aliphatic heterocycles. The van der Waals surface area contributed by atoms with Gasteiger partial charge in [-0.15, -0.1) is 12.4 Å². The average molecular weight is 397 g/mol. The van der Waals surface area contributed by atoms with E-state index in [-0.39, 0.29) is 23.7 Å². The highest BCUT2D eigenvalue weighted by Crippen LogP contribution is 2.56. The number of rotatable bonds is 6. The second-order valence-electron chi connectivity index (χ2n) is 8.09. The number of hydrogen-bond acceptors (Lipinski definition) is 4. The molecule has 7 heteroatoms. The fraction of sp³-hybridized carbons (Fsp3) is 0.800. The first-order valence-corrected chi connectivity index (χ1v) is 10.4. The van der Waals surface area contributed by atoms with Gasteiger partial charge in [-0.25, -0.2) is 0 Å². The maximum atomic E-state index is 13.5. The van der Waals surface area contributed by atoms with Crippen LogP contribution in [0.3, 0.4) is 0 Å². The molecule has 1 aromatic rings. The number of ether oxygens (including phenoxy) is 1. The third kappa shape index (κ3) is 3.40. The summed E-state index contributed by atoms with van der Waals surface area (Å²) in [6, 6.07) is 0.304. The number of aromatic nitrogens is 2. The second kappa shape index (κ2) is 8.50.